The van der Waals surface area contributed by atoms with Gasteiger partial charge in [-0.15, -0.1) is 0 Å². The zero-order chi connectivity index (χ0) is 12.4. The molecule has 0 bridgehead atoms. The summed E-state index contributed by atoms with van der Waals surface area (Å²) in [6.45, 7) is 16.0. The molecule has 1 N–H and O–H groups in total. The number of hydrogen-bond acceptors (Lipinski definition) is 3. The zero-order valence-electron chi connectivity index (χ0n) is 11.8. The summed E-state index contributed by atoms with van der Waals surface area (Å²) in [6.07, 6.45) is 1.11. The molecule has 0 spiro atoms. The predicted octanol–water partition coefficient (Wildman–Crippen LogP) is 2.12. The second-order valence-corrected chi connectivity index (χ2v) is 4.74. The SMILES string of the molecule is CCNCCCOCCN(C(C)C)C(C)C. The molecule has 16 heavy (non-hydrogen) atoms. The molecule has 3 nitrogen and oxygen atoms in total. The molecule has 0 unspecified atom stereocenters. The highest BCUT2D eigenvalue weighted by Crippen LogP contribution is 2.03. The summed E-state index contributed by atoms with van der Waals surface area (Å²) in [5.41, 5.74) is 0. The van der Waals surface area contributed by atoms with E-state index in [4.69, 9.17) is 4.74 Å². The fraction of sp³-hybridized carbons (Fsp3) is 1.00. The maximum absolute atomic E-state index is 5.63. The fourth-order valence-electron chi connectivity index (χ4n) is 1.86. The third-order valence-electron chi connectivity index (χ3n) is 2.71. The highest BCUT2D eigenvalue weighted by Gasteiger charge is 2.12. The number of ether oxygens (including phenoxy) is 1. The summed E-state index contributed by atoms with van der Waals surface area (Å²) in [6, 6.07) is 1.20. The first-order valence-corrected chi connectivity index (χ1v) is 6.63. The maximum Gasteiger partial charge on any atom is 0.0593 e. The molecule has 0 aromatic heterocycles. The zero-order valence-corrected chi connectivity index (χ0v) is 11.8. The molecule has 98 valence electrons. The van der Waals surface area contributed by atoms with Crippen molar-refractivity contribution in [3.63, 3.8) is 0 Å². The number of nitrogens with one attached hydrogen (secondary N) is 1. The fourth-order valence-corrected chi connectivity index (χ4v) is 1.86. The van der Waals surface area contributed by atoms with Crippen LogP contribution in [-0.2, 0) is 4.74 Å². The van der Waals surface area contributed by atoms with Crippen LogP contribution in [0.3, 0.4) is 0 Å². The molecule has 0 heterocycles. The quantitative estimate of drug-likeness (QED) is 0.582. The van der Waals surface area contributed by atoms with Crippen LogP contribution in [0.25, 0.3) is 0 Å². The largest absolute Gasteiger partial charge is 0.380 e. The van der Waals surface area contributed by atoms with Crippen LogP contribution >= 0.6 is 0 Å². The highest BCUT2D eigenvalue weighted by molar-refractivity contribution is 4.66. The molecule has 0 aliphatic carbocycles. The van der Waals surface area contributed by atoms with Crippen molar-refractivity contribution in [3.8, 4) is 0 Å². The molecule has 0 saturated carbocycles. The Hall–Kier alpha value is -0.120. The number of hydrogen-bond donors (Lipinski definition) is 1. The van der Waals surface area contributed by atoms with E-state index in [1.807, 2.05) is 0 Å². The van der Waals surface area contributed by atoms with Gasteiger partial charge in [0.1, 0.15) is 0 Å². The minimum absolute atomic E-state index is 0.602. The van der Waals surface area contributed by atoms with Gasteiger partial charge in [0.15, 0.2) is 0 Å². The van der Waals surface area contributed by atoms with E-state index in [2.05, 4.69) is 44.8 Å². The Morgan fingerprint density at radius 1 is 1.06 bits per heavy atom. The van der Waals surface area contributed by atoms with Gasteiger partial charge < -0.3 is 10.1 Å². The first kappa shape index (κ1) is 15.9. The lowest BCUT2D eigenvalue weighted by molar-refractivity contribution is 0.0774. The minimum atomic E-state index is 0.602. The van der Waals surface area contributed by atoms with Crippen molar-refractivity contribution in [3.05, 3.63) is 0 Å². The van der Waals surface area contributed by atoms with Crippen molar-refractivity contribution in [2.24, 2.45) is 0 Å². The first-order valence-electron chi connectivity index (χ1n) is 6.63. The Morgan fingerprint density at radius 2 is 1.69 bits per heavy atom. The highest BCUT2D eigenvalue weighted by atomic mass is 16.5. The predicted molar refractivity (Wildman–Crippen MR) is 71.0 cm³/mol. The van der Waals surface area contributed by atoms with Gasteiger partial charge in [-0.05, 0) is 47.2 Å². The van der Waals surface area contributed by atoms with E-state index in [9.17, 15) is 0 Å². The molecular weight excluding hydrogens is 200 g/mol. The van der Waals surface area contributed by atoms with E-state index in [1.54, 1.807) is 0 Å². The summed E-state index contributed by atoms with van der Waals surface area (Å²) in [5.74, 6) is 0. The van der Waals surface area contributed by atoms with Gasteiger partial charge in [0.2, 0.25) is 0 Å². The molecule has 0 radical (unpaired) electrons. The van der Waals surface area contributed by atoms with Gasteiger partial charge in [0.05, 0.1) is 6.61 Å². The molecule has 0 amide bonds. The van der Waals surface area contributed by atoms with Gasteiger partial charge in [0.25, 0.3) is 0 Å². The Bertz CT molecular complexity index is 141. The van der Waals surface area contributed by atoms with Crippen molar-refractivity contribution in [2.75, 3.05) is 32.8 Å². The molecule has 0 rings (SSSR count). The molecule has 0 aromatic rings. The van der Waals surface area contributed by atoms with Gasteiger partial charge in [-0.2, -0.15) is 0 Å². The van der Waals surface area contributed by atoms with Crippen LogP contribution in [0.2, 0.25) is 0 Å². The molecular formula is C13H30N2O. The summed E-state index contributed by atoms with van der Waals surface area (Å²) in [4.78, 5) is 2.46. The van der Waals surface area contributed by atoms with E-state index >= 15 is 0 Å². The second kappa shape index (κ2) is 10.1. The van der Waals surface area contributed by atoms with Crippen molar-refractivity contribution in [1.82, 2.24) is 10.2 Å². The van der Waals surface area contributed by atoms with Crippen molar-refractivity contribution >= 4 is 0 Å². The van der Waals surface area contributed by atoms with Crippen LogP contribution < -0.4 is 5.32 Å². The second-order valence-electron chi connectivity index (χ2n) is 4.74. The Morgan fingerprint density at radius 3 is 2.19 bits per heavy atom. The minimum Gasteiger partial charge on any atom is -0.380 e. The van der Waals surface area contributed by atoms with Crippen LogP contribution in [0.1, 0.15) is 41.0 Å². The Labute approximate surface area is 102 Å². The van der Waals surface area contributed by atoms with Gasteiger partial charge >= 0.3 is 0 Å². The molecule has 0 aliphatic rings. The molecule has 3 heteroatoms. The van der Waals surface area contributed by atoms with Crippen molar-refractivity contribution < 1.29 is 4.74 Å². The van der Waals surface area contributed by atoms with Crippen LogP contribution in [0, 0.1) is 0 Å². The van der Waals surface area contributed by atoms with Gasteiger partial charge in [-0.3, -0.25) is 4.90 Å². The topological polar surface area (TPSA) is 24.5 Å². The Kier molecular flexibility index (Phi) is 9.99. The van der Waals surface area contributed by atoms with E-state index in [-0.39, 0.29) is 0 Å². The molecule has 0 fully saturated rings. The van der Waals surface area contributed by atoms with Gasteiger partial charge in [-0.25, -0.2) is 0 Å². The van der Waals surface area contributed by atoms with E-state index in [1.165, 1.54) is 0 Å². The lowest BCUT2D eigenvalue weighted by Gasteiger charge is -2.30. The summed E-state index contributed by atoms with van der Waals surface area (Å²) >= 11 is 0. The van der Waals surface area contributed by atoms with E-state index in [0.717, 1.165) is 39.3 Å². The van der Waals surface area contributed by atoms with Crippen molar-refractivity contribution in [2.45, 2.75) is 53.1 Å². The summed E-state index contributed by atoms with van der Waals surface area (Å²) in [7, 11) is 0. The third kappa shape index (κ3) is 8.08. The average Bonchev–Trinajstić information content (AvgIpc) is 2.21. The van der Waals surface area contributed by atoms with Gasteiger partial charge in [-0.1, -0.05) is 6.92 Å². The van der Waals surface area contributed by atoms with Crippen LogP contribution in [0.4, 0.5) is 0 Å². The monoisotopic (exact) mass is 230 g/mol. The van der Waals surface area contributed by atoms with E-state index < -0.39 is 0 Å². The lowest BCUT2D eigenvalue weighted by atomic mass is 10.2. The molecule has 0 atom stereocenters. The molecule has 0 saturated heterocycles. The Balaban J connectivity index is 3.41. The van der Waals surface area contributed by atoms with Gasteiger partial charge in [0, 0.05) is 25.2 Å². The summed E-state index contributed by atoms with van der Waals surface area (Å²) in [5, 5.41) is 3.29. The van der Waals surface area contributed by atoms with Crippen LogP contribution in [0.15, 0.2) is 0 Å². The van der Waals surface area contributed by atoms with E-state index in [0.29, 0.717) is 12.1 Å². The maximum atomic E-state index is 5.63. The number of nitrogens with zero attached hydrogens (tertiary/aromatic N) is 1. The summed E-state index contributed by atoms with van der Waals surface area (Å²) < 4.78 is 5.63. The first-order chi connectivity index (χ1) is 7.59. The standard InChI is InChI=1S/C13H30N2O/c1-6-14-8-7-10-16-11-9-15(12(2)3)13(4)5/h12-14H,6-11H2,1-5H3. The van der Waals surface area contributed by atoms with Crippen LogP contribution in [0.5, 0.6) is 0 Å². The molecule has 0 aliphatic heterocycles. The lowest BCUT2D eigenvalue weighted by Crippen LogP contribution is -2.39. The normalized spacial score (nSPS) is 12.0. The van der Waals surface area contributed by atoms with Crippen LogP contribution in [-0.4, -0.2) is 49.8 Å². The third-order valence-corrected chi connectivity index (χ3v) is 2.71. The smallest absolute Gasteiger partial charge is 0.0593 e. The molecule has 0 aromatic carbocycles. The van der Waals surface area contributed by atoms with Crippen molar-refractivity contribution in [1.29, 1.82) is 0 Å². The average molecular weight is 230 g/mol. The number of rotatable bonds is 10.